The number of hydrogen-bond acceptors (Lipinski definition) is 5. The van der Waals surface area contributed by atoms with Crippen LogP contribution in [0.2, 0.25) is 0 Å². The molecule has 1 heterocycles. The van der Waals surface area contributed by atoms with E-state index in [9.17, 15) is 15.3 Å². The van der Waals surface area contributed by atoms with Gasteiger partial charge in [-0.05, 0) is 32.1 Å². The standard InChI is InChI=1S/C23H44O5/c1-2-3-4-5-6-7-8-9-10-11-12-13-14-15-16-17-27-19-21-23(26)22(25)20(24)18-28-21/h11-12,20-26H,2-10,13-19H2,1H3/b12-11+/t20-,21+,22+,23+/m0/s1. The predicted octanol–water partition coefficient (Wildman–Crippen LogP) is 4.13. The highest BCUT2D eigenvalue weighted by molar-refractivity contribution is 4.86. The summed E-state index contributed by atoms with van der Waals surface area (Å²) in [6.07, 6.45) is 17.4. The van der Waals surface area contributed by atoms with Crippen LogP contribution in [-0.4, -0.2) is 59.6 Å². The van der Waals surface area contributed by atoms with Crippen molar-refractivity contribution >= 4 is 0 Å². The normalized spacial score (nSPS) is 25.6. The SMILES string of the molecule is CCCCCCCCCC/C=C/CCCCCOC[C@H]1OC[C@H](O)[C@@H](O)[C@@H]1O. The molecule has 28 heavy (non-hydrogen) atoms. The van der Waals surface area contributed by atoms with Gasteiger partial charge < -0.3 is 24.8 Å². The molecule has 0 amide bonds. The van der Waals surface area contributed by atoms with Crippen LogP contribution in [0.5, 0.6) is 0 Å². The van der Waals surface area contributed by atoms with E-state index < -0.39 is 24.4 Å². The second-order valence-corrected chi connectivity index (χ2v) is 8.08. The lowest BCUT2D eigenvalue weighted by atomic mass is 10.0. The van der Waals surface area contributed by atoms with E-state index in [1.54, 1.807) is 0 Å². The average Bonchev–Trinajstić information content (AvgIpc) is 2.70. The quantitative estimate of drug-likeness (QED) is 0.253. The van der Waals surface area contributed by atoms with Crippen LogP contribution < -0.4 is 0 Å². The van der Waals surface area contributed by atoms with Crippen molar-refractivity contribution in [3.05, 3.63) is 12.2 Å². The van der Waals surface area contributed by atoms with Gasteiger partial charge in [0.2, 0.25) is 0 Å². The highest BCUT2D eigenvalue weighted by Gasteiger charge is 2.37. The number of rotatable bonds is 17. The maximum absolute atomic E-state index is 9.82. The Balaban J connectivity index is 1.82. The molecular weight excluding hydrogens is 356 g/mol. The van der Waals surface area contributed by atoms with Crippen LogP contribution in [0, 0.1) is 0 Å². The topological polar surface area (TPSA) is 79.2 Å². The van der Waals surface area contributed by atoms with Gasteiger partial charge in [-0.1, -0.05) is 70.4 Å². The Bertz CT molecular complexity index is 374. The number of allylic oxidation sites excluding steroid dienone is 2. The average molecular weight is 401 g/mol. The van der Waals surface area contributed by atoms with Gasteiger partial charge in [0.25, 0.3) is 0 Å². The number of aliphatic hydroxyl groups excluding tert-OH is 3. The summed E-state index contributed by atoms with van der Waals surface area (Å²) in [5, 5.41) is 28.8. The lowest BCUT2D eigenvalue weighted by Crippen LogP contribution is -2.54. The zero-order valence-corrected chi connectivity index (χ0v) is 17.9. The summed E-state index contributed by atoms with van der Waals surface area (Å²) in [7, 11) is 0. The molecule has 1 aliphatic rings. The first-order valence-corrected chi connectivity index (χ1v) is 11.5. The van der Waals surface area contributed by atoms with E-state index in [0.29, 0.717) is 6.61 Å². The van der Waals surface area contributed by atoms with Crippen molar-refractivity contribution < 1.29 is 24.8 Å². The summed E-state index contributed by atoms with van der Waals surface area (Å²) < 4.78 is 10.9. The maximum atomic E-state index is 9.82. The monoisotopic (exact) mass is 400 g/mol. The fourth-order valence-electron chi connectivity index (χ4n) is 3.49. The van der Waals surface area contributed by atoms with E-state index in [-0.39, 0.29) is 13.2 Å². The van der Waals surface area contributed by atoms with Crippen LogP contribution in [0.15, 0.2) is 12.2 Å². The summed E-state index contributed by atoms with van der Waals surface area (Å²) >= 11 is 0. The second kappa shape index (κ2) is 17.4. The van der Waals surface area contributed by atoms with Crippen molar-refractivity contribution in [1.82, 2.24) is 0 Å². The molecule has 0 aromatic carbocycles. The minimum Gasteiger partial charge on any atom is -0.388 e. The number of unbranched alkanes of at least 4 members (excludes halogenated alkanes) is 11. The third-order valence-electron chi connectivity index (χ3n) is 5.44. The molecule has 1 rings (SSSR count). The van der Waals surface area contributed by atoms with Crippen LogP contribution in [0.3, 0.4) is 0 Å². The van der Waals surface area contributed by atoms with Gasteiger partial charge in [0.15, 0.2) is 0 Å². The molecule has 166 valence electrons. The van der Waals surface area contributed by atoms with E-state index in [1.165, 1.54) is 64.2 Å². The Morgan fingerprint density at radius 3 is 2.00 bits per heavy atom. The van der Waals surface area contributed by atoms with E-state index in [4.69, 9.17) is 9.47 Å². The van der Waals surface area contributed by atoms with Crippen molar-refractivity contribution in [3.8, 4) is 0 Å². The Morgan fingerprint density at radius 2 is 1.36 bits per heavy atom. The van der Waals surface area contributed by atoms with Crippen LogP contribution in [-0.2, 0) is 9.47 Å². The molecule has 1 saturated heterocycles. The molecule has 0 unspecified atom stereocenters. The Labute approximate surface area is 172 Å². The number of hydrogen-bond donors (Lipinski definition) is 3. The number of ether oxygens (including phenoxy) is 2. The molecule has 0 aromatic rings. The molecule has 0 spiro atoms. The first-order chi connectivity index (χ1) is 13.7. The van der Waals surface area contributed by atoms with E-state index in [2.05, 4.69) is 19.1 Å². The van der Waals surface area contributed by atoms with E-state index in [1.807, 2.05) is 0 Å². The minimum atomic E-state index is -1.15. The maximum Gasteiger partial charge on any atom is 0.111 e. The van der Waals surface area contributed by atoms with Gasteiger partial charge in [0.1, 0.15) is 24.4 Å². The third-order valence-corrected chi connectivity index (χ3v) is 5.44. The molecule has 5 nitrogen and oxygen atoms in total. The van der Waals surface area contributed by atoms with Crippen molar-refractivity contribution in [3.63, 3.8) is 0 Å². The van der Waals surface area contributed by atoms with Gasteiger partial charge in [-0.15, -0.1) is 0 Å². The molecule has 3 N–H and O–H groups in total. The lowest BCUT2D eigenvalue weighted by Gasteiger charge is -2.35. The molecule has 0 bridgehead atoms. The summed E-state index contributed by atoms with van der Waals surface area (Å²) in [6, 6.07) is 0. The summed E-state index contributed by atoms with van der Waals surface area (Å²) in [5.41, 5.74) is 0. The van der Waals surface area contributed by atoms with Gasteiger partial charge in [-0.3, -0.25) is 0 Å². The Morgan fingerprint density at radius 1 is 0.786 bits per heavy atom. The second-order valence-electron chi connectivity index (χ2n) is 8.08. The van der Waals surface area contributed by atoms with Crippen LogP contribution in [0.1, 0.15) is 90.4 Å². The molecular formula is C23H44O5. The lowest BCUT2D eigenvalue weighted by molar-refractivity contribution is -0.199. The number of aliphatic hydroxyl groups is 3. The first-order valence-electron chi connectivity index (χ1n) is 11.5. The molecule has 4 atom stereocenters. The molecule has 1 aliphatic heterocycles. The summed E-state index contributed by atoms with van der Waals surface area (Å²) in [4.78, 5) is 0. The Kier molecular flexibility index (Phi) is 15.9. The summed E-state index contributed by atoms with van der Waals surface area (Å²) in [6.45, 7) is 3.19. The fourth-order valence-corrected chi connectivity index (χ4v) is 3.49. The van der Waals surface area contributed by atoms with Crippen molar-refractivity contribution in [2.24, 2.45) is 0 Å². The summed E-state index contributed by atoms with van der Waals surface area (Å²) in [5.74, 6) is 0. The highest BCUT2D eigenvalue weighted by Crippen LogP contribution is 2.16. The fraction of sp³-hybridized carbons (Fsp3) is 0.913. The van der Waals surface area contributed by atoms with Gasteiger partial charge in [0.05, 0.1) is 13.2 Å². The van der Waals surface area contributed by atoms with Gasteiger partial charge in [-0.2, -0.15) is 0 Å². The van der Waals surface area contributed by atoms with Crippen molar-refractivity contribution in [1.29, 1.82) is 0 Å². The molecule has 0 aliphatic carbocycles. The molecule has 5 heteroatoms. The molecule has 0 aromatic heterocycles. The third kappa shape index (κ3) is 12.2. The zero-order chi connectivity index (χ0) is 20.5. The smallest absolute Gasteiger partial charge is 0.111 e. The largest absolute Gasteiger partial charge is 0.388 e. The van der Waals surface area contributed by atoms with Crippen molar-refractivity contribution in [2.75, 3.05) is 19.8 Å². The van der Waals surface area contributed by atoms with Crippen LogP contribution in [0.4, 0.5) is 0 Å². The van der Waals surface area contributed by atoms with Crippen LogP contribution in [0.25, 0.3) is 0 Å². The Hall–Kier alpha value is -0.460. The minimum absolute atomic E-state index is 0.0392. The van der Waals surface area contributed by atoms with Crippen molar-refractivity contribution in [2.45, 2.75) is 115 Å². The highest BCUT2D eigenvalue weighted by atomic mass is 16.6. The van der Waals surface area contributed by atoms with Gasteiger partial charge in [-0.25, -0.2) is 0 Å². The molecule has 0 radical (unpaired) electrons. The molecule has 1 fully saturated rings. The van der Waals surface area contributed by atoms with Gasteiger partial charge >= 0.3 is 0 Å². The predicted molar refractivity (Wildman–Crippen MR) is 113 cm³/mol. The van der Waals surface area contributed by atoms with Gasteiger partial charge in [0, 0.05) is 6.61 Å². The molecule has 0 saturated carbocycles. The van der Waals surface area contributed by atoms with E-state index >= 15 is 0 Å². The zero-order valence-electron chi connectivity index (χ0n) is 17.9. The van der Waals surface area contributed by atoms with Crippen LogP contribution >= 0.6 is 0 Å². The van der Waals surface area contributed by atoms with E-state index in [0.717, 1.165) is 19.3 Å². The first kappa shape index (κ1) is 25.6.